The first-order chi connectivity index (χ1) is 8.56. The Balaban J connectivity index is 2.24. The Hall–Kier alpha value is -1.58. The van der Waals surface area contributed by atoms with Crippen LogP contribution in [0.5, 0.6) is 11.5 Å². The summed E-state index contributed by atoms with van der Waals surface area (Å²) in [6.07, 6.45) is 0. The van der Waals surface area contributed by atoms with Gasteiger partial charge in [-0.2, -0.15) is 0 Å². The van der Waals surface area contributed by atoms with Crippen LogP contribution >= 0.6 is 11.6 Å². The van der Waals surface area contributed by atoms with Crippen molar-refractivity contribution in [3.8, 4) is 11.5 Å². The molecule has 0 saturated heterocycles. The van der Waals surface area contributed by atoms with E-state index in [1.54, 1.807) is 43.3 Å². The summed E-state index contributed by atoms with van der Waals surface area (Å²) in [5, 5.41) is 0.542. The van der Waals surface area contributed by atoms with Crippen molar-refractivity contribution >= 4 is 11.6 Å². The normalized spacial score (nSPS) is 12.2. The molecule has 0 bridgehead atoms. The lowest BCUT2D eigenvalue weighted by atomic mass is 10.1. The first-order valence-electron chi connectivity index (χ1n) is 5.54. The van der Waals surface area contributed by atoms with Crippen molar-refractivity contribution in [1.29, 1.82) is 0 Å². The zero-order chi connectivity index (χ0) is 13.1. The van der Waals surface area contributed by atoms with Crippen molar-refractivity contribution in [2.75, 3.05) is 0 Å². The molecule has 0 aliphatic carbocycles. The molecule has 2 aromatic carbocycles. The van der Waals surface area contributed by atoms with E-state index in [0.29, 0.717) is 10.8 Å². The number of benzene rings is 2. The maximum Gasteiger partial charge on any atom is 0.166 e. The van der Waals surface area contributed by atoms with E-state index < -0.39 is 5.82 Å². The minimum atomic E-state index is -0.440. The molecule has 0 spiro atoms. The molecule has 18 heavy (non-hydrogen) atoms. The Morgan fingerprint density at radius 2 is 2.00 bits per heavy atom. The first-order valence-corrected chi connectivity index (χ1v) is 5.92. The lowest BCUT2D eigenvalue weighted by Gasteiger charge is -2.10. The molecular formula is C14H13ClFNO. The highest BCUT2D eigenvalue weighted by molar-refractivity contribution is 6.30. The SMILES string of the molecule is CC(N)c1ccc(Oc2cccc(Cl)c2)c(F)c1. The molecule has 0 amide bonds. The van der Waals surface area contributed by atoms with Crippen LogP contribution in [0, 0.1) is 5.82 Å². The molecule has 0 aromatic heterocycles. The zero-order valence-corrected chi connectivity index (χ0v) is 10.6. The van der Waals surface area contributed by atoms with Crippen LogP contribution in [0.4, 0.5) is 4.39 Å². The maximum atomic E-state index is 13.8. The quantitative estimate of drug-likeness (QED) is 0.898. The summed E-state index contributed by atoms with van der Waals surface area (Å²) >= 11 is 5.83. The Bertz CT molecular complexity index is 557. The second-order valence-electron chi connectivity index (χ2n) is 4.04. The van der Waals surface area contributed by atoms with E-state index in [9.17, 15) is 4.39 Å². The van der Waals surface area contributed by atoms with E-state index in [2.05, 4.69) is 0 Å². The molecule has 1 unspecified atom stereocenters. The van der Waals surface area contributed by atoms with E-state index >= 15 is 0 Å². The van der Waals surface area contributed by atoms with Gasteiger partial charge in [0.15, 0.2) is 11.6 Å². The van der Waals surface area contributed by atoms with Gasteiger partial charge in [-0.15, -0.1) is 0 Å². The highest BCUT2D eigenvalue weighted by atomic mass is 35.5. The topological polar surface area (TPSA) is 35.2 Å². The molecule has 0 saturated carbocycles. The van der Waals surface area contributed by atoms with Crippen molar-refractivity contribution in [3.05, 3.63) is 58.9 Å². The van der Waals surface area contributed by atoms with Gasteiger partial charge in [0.05, 0.1) is 0 Å². The van der Waals surface area contributed by atoms with Crippen molar-refractivity contribution in [1.82, 2.24) is 0 Å². The summed E-state index contributed by atoms with van der Waals surface area (Å²) in [7, 11) is 0. The summed E-state index contributed by atoms with van der Waals surface area (Å²) in [6.45, 7) is 1.80. The van der Waals surface area contributed by atoms with E-state index in [0.717, 1.165) is 5.56 Å². The molecule has 4 heteroatoms. The van der Waals surface area contributed by atoms with Crippen LogP contribution in [-0.2, 0) is 0 Å². The van der Waals surface area contributed by atoms with Gasteiger partial charge in [0.2, 0.25) is 0 Å². The number of ether oxygens (including phenoxy) is 1. The summed E-state index contributed by atoms with van der Waals surface area (Å²) in [4.78, 5) is 0. The van der Waals surface area contributed by atoms with E-state index in [-0.39, 0.29) is 11.8 Å². The maximum absolute atomic E-state index is 13.8. The number of hydrogen-bond acceptors (Lipinski definition) is 2. The largest absolute Gasteiger partial charge is 0.454 e. The molecule has 2 rings (SSSR count). The molecular weight excluding hydrogens is 253 g/mol. The molecule has 2 aromatic rings. The number of rotatable bonds is 3. The molecule has 0 radical (unpaired) electrons. The van der Waals surface area contributed by atoms with Crippen LogP contribution in [0.25, 0.3) is 0 Å². The molecule has 2 N–H and O–H groups in total. The zero-order valence-electron chi connectivity index (χ0n) is 9.86. The Labute approximate surface area is 110 Å². The monoisotopic (exact) mass is 265 g/mol. The van der Waals surface area contributed by atoms with Gasteiger partial charge in [0, 0.05) is 11.1 Å². The second-order valence-corrected chi connectivity index (χ2v) is 4.47. The fourth-order valence-corrected chi connectivity index (χ4v) is 1.72. The lowest BCUT2D eigenvalue weighted by Crippen LogP contribution is -2.05. The third-order valence-electron chi connectivity index (χ3n) is 2.51. The smallest absolute Gasteiger partial charge is 0.166 e. The molecule has 1 atom stereocenters. The van der Waals surface area contributed by atoms with Gasteiger partial charge < -0.3 is 10.5 Å². The predicted octanol–water partition coefficient (Wildman–Crippen LogP) is 4.29. The standard InChI is InChI=1S/C14H13ClFNO/c1-9(17)10-5-6-14(13(16)7-10)18-12-4-2-3-11(15)8-12/h2-9H,17H2,1H3. The van der Waals surface area contributed by atoms with Crippen LogP contribution in [0.1, 0.15) is 18.5 Å². The molecule has 0 fully saturated rings. The van der Waals surface area contributed by atoms with Crippen LogP contribution in [0.2, 0.25) is 5.02 Å². The van der Waals surface area contributed by atoms with E-state index in [1.165, 1.54) is 6.07 Å². The molecule has 0 aliphatic heterocycles. The summed E-state index contributed by atoms with van der Waals surface area (Å²) < 4.78 is 19.2. The van der Waals surface area contributed by atoms with E-state index in [4.69, 9.17) is 22.1 Å². The average molecular weight is 266 g/mol. The number of hydrogen-bond donors (Lipinski definition) is 1. The van der Waals surface area contributed by atoms with E-state index in [1.807, 2.05) is 0 Å². The Morgan fingerprint density at radius 1 is 1.22 bits per heavy atom. The number of nitrogens with two attached hydrogens (primary N) is 1. The fraction of sp³-hybridized carbons (Fsp3) is 0.143. The molecule has 94 valence electrons. The number of halogens is 2. The first kappa shape index (κ1) is 12.9. The molecule has 0 heterocycles. The molecule has 0 aliphatic rings. The minimum Gasteiger partial charge on any atom is -0.454 e. The van der Waals surface area contributed by atoms with Gasteiger partial charge in [-0.3, -0.25) is 0 Å². The Kier molecular flexibility index (Phi) is 3.84. The van der Waals surface area contributed by atoms with Gasteiger partial charge in [0.1, 0.15) is 5.75 Å². The molecule has 2 nitrogen and oxygen atoms in total. The average Bonchev–Trinajstić information content (AvgIpc) is 2.31. The summed E-state index contributed by atoms with van der Waals surface area (Å²) in [5.74, 6) is 0.210. The summed E-state index contributed by atoms with van der Waals surface area (Å²) in [5.41, 5.74) is 6.41. The minimum absolute atomic E-state index is 0.154. The van der Waals surface area contributed by atoms with Gasteiger partial charge in [-0.25, -0.2) is 4.39 Å². The van der Waals surface area contributed by atoms with Gasteiger partial charge in [0.25, 0.3) is 0 Å². The van der Waals surface area contributed by atoms with Gasteiger partial charge in [-0.1, -0.05) is 23.7 Å². The van der Waals surface area contributed by atoms with Crippen molar-refractivity contribution in [3.63, 3.8) is 0 Å². The van der Waals surface area contributed by atoms with Crippen molar-refractivity contribution < 1.29 is 9.13 Å². The van der Waals surface area contributed by atoms with Crippen LogP contribution < -0.4 is 10.5 Å². The third kappa shape index (κ3) is 3.00. The second kappa shape index (κ2) is 5.38. The Morgan fingerprint density at radius 3 is 2.61 bits per heavy atom. The fourth-order valence-electron chi connectivity index (χ4n) is 1.54. The third-order valence-corrected chi connectivity index (χ3v) is 2.74. The van der Waals surface area contributed by atoms with Gasteiger partial charge in [-0.05, 0) is 42.8 Å². The van der Waals surface area contributed by atoms with Crippen molar-refractivity contribution in [2.24, 2.45) is 5.73 Å². The van der Waals surface area contributed by atoms with Crippen molar-refractivity contribution in [2.45, 2.75) is 13.0 Å². The van der Waals surface area contributed by atoms with Gasteiger partial charge >= 0.3 is 0 Å². The van der Waals surface area contributed by atoms with Crippen LogP contribution in [-0.4, -0.2) is 0 Å². The lowest BCUT2D eigenvalue weighted by molar-refractivity contribution is 0.441. The summed E-state index contributed by atoms with van der Waals surface area (Å²) in [6, 6.07) is 11.3. The highest BCUT2D eigenvalue weighted by Gasteiger charge is 2.08. The van der Waals surface area contributed by atoms with Crippen LogP contribution in [0.3, 0.4) is 0 Å². The van der Waals surface area contributed by atoms with Crippen LogP contribution in [0.15, 0.2) is 42.5 Å². The highest BCUT2D eigenvalue weighted by Crippen LogP contribution is 2.27. The predicted molar refractivity (Wildman–Crippen MR) is 70.5 cm³/mol.